The summed E-state index contributed by atoms with van der Waals surface area (Å²) in [7, 11) is 0. The van der Waals surface area contributed by atoms with Gasteiger partial charge in [-0.05, 0) is 30.2 Å². The van der Waals surface area contributed by atoms with Crippen molar-refractivity contribution in [1.29, 1.82) is 0 Å². The number of halogens is 2. The molecule has 0 aliphatic carbocycles. The average Bonchev–Trinajstić information content (AvgIpc) is 2.52. The molecular weight excluding hydrogens is 351 g/mol. The first-order valence-electron chi connectivity index (χ1n) is 7.16. The van der Waals surface area contributed by atoms with E-state index < -0.39 is 6.04 Å². The van der Waals surface area contributed by atoms with Crippen LogP contribution in [0.2, 0.25) is 0 Å². The predicted molar refractivity (Wildman–Crippen MR) is 101 cm³/mol. The minimum atomic E-state index is -0.616. The molecule has 2 amide bonds. The van der Waals surface area contributed by atoms with Gasteiger partial charge in [0.1, 0.15) is 0 Å². The second kappa shape index (κ2) is 10.1. The van der Waals surface area contributed by atoms with E-state index in [9.17, 15) is 9.59 Å². The fourth-order valence-corrected chi connectivity index (χ4v) is 1.99. The Bertz CT molecular complexity index is 689. The van der Waals surface area contributed by atoms with Gasteiger partial charge in [0.25, 0.3) is 0 Å². The van der Waals surface area contributed by atoms with Gasteiger partial charge in [-0.25, -0.2) is 0 Å². The molecule has 0 saturated carbocycles. The lowest BCUT2D eigenvalue weighted by Gasteiger charge is -2.15. The summed E-state index contributed by atoms with van der Waals surface area (Å²) in [4.78, 5) is 27.9. The van der Waals surface area contributed by atoms with Crippen LogP contribution in [0.5, 0.6) is 0 Å². The van der Waals surface area contributed by atoms with Crippen LogP contribution < -0.4 is 16.4 Å². The maximum atomic E-state index is 12.0. The van der Waals surface area contributed by atoms with Crippen molar-refractivity contribution in [1.82, 2.24) is 10.3 Å². The molecule has 0 saturated heterocycles. The number of hydrogen-bond acceptors (Lipinski definition) is 4. The Morgan fingerprint density at radius 3 is 2.54 bits per heavy atom. The number of nitrogens with two attached hydrogens (primary N) is 1. The van der Waals surface area contributed by atoms with E-state index in [2.05, 4.69) is 15.6 Å². The first kappa shape index (κ1) is 22.1. The molecular formula is C16H22Cl2N4O2. The Morgan fingerprint density at radius 1 is 1.17 bits per heavy atom. The monoisotopic (exact) mass is 372 g/mol. The Balaban J connectivity index is 0.00000264. The largest absolute Gasteiger partial charge is 0.346 e. The van der Waals surface area contributed by atoms with Gasteiger partial charge < -0.3 is 16.4 Å². The highest BCUT2D eigenvalue weighted by Gasteiger charge is 2.17. The normalized spacial score (nSPS) is 11.2. The summed E-state index contributed by atoms with van der Waals surface area (Å²) in [5.74, 6) is -0.613. The molecule has 4 N–H and O–H groups in total. The Hall–Kier alpha value is -1.89. The third-order valence-corrected chi connectivity index (χ3v) is 3.36. The number of nitrogens with one attached hydrogen (secondary N) is 2. The topological polar surface area (TPSA) is 97.1 Å². The molecule has 8 heteroatoms. The van der Waals surface area contributed by atoms with Gasteiger partial charge in [-0.2, -0.15) is 0 Å². The molecule has 132 valence electrons. The Morgan fingerprint density at radius 2 is 1.88 bits per heavy atom. The number of carbonyl (C=O) groups is 2. The second-order valence-corrected chi connectivity index (χ2v) is 5.41. The summed E-state index contributed by atoms with van der Waals surface area (Å²) in [6.45, 7) is 3.59. The Labute approximate surface area is 153 Å². The maximum Gasteiger partial charge on any atom is 0.243 e. The van der Waals surface area contributed by atoms with Crippen LogP contribution in [0.3, 0.4) is 0 Å². The van der Waals surface area contributed by atoms with Crippen molar-refractivity contribution >= 4 is 53.2 Å². The maximum absolute atomic E-state index is 12.0. The number of carbonyl (C=O) groups excluding carboxylic acids is 2. The molecule has 0 radical (unpaired) electrons. The van der Waals surface area contributed by atoms with E-state index in [0.717, 1.165) is 10.9 Å². The van der Waals surface area contributed by atoms with E-state index in [1.165, 1.54) is 0 Å². The zero-order valence-electron chi connectivity index (χ0n) is 13.5. The van der Waals surface area contributed by atoms with Crippen molar-refractivity contribution < 1.29 is 9.59 Å². The number of hydrogen-bond donors (Lipinski definition) is 3. The van der Waals surface area contributed by atoms with Gasteiger partial charge in [0.2, 0.25) is 11.8 Å². The molecule has 1 aromatic carbocycles. The minimum Gasteiger partial charge on any atom is -0.346 e. The molecule has 0 bridgehead atoms. The molecule has 1 aromatic heterocycles. The summed E-state index contributed by atoms with van der Waals surface area (Å²) in [5.41, 5.74) is 7.18. The number of benzene rings is 1. The highest BCUT2D eigenvalue weighted by atomic mass is 35.5. The lowest BCUT2D eigenvalue weighted by Crippen LogP contribution is -2.46. The van der Waals surface area contributed by atoms with Crippen LogP contribution in [-0.2, 0) is 9.59 Å². The van der Waals surface area contributed by atoms with Gasteiger partial charge >= 0.3 is 0 Å². The molecule has 0 aliphatic rings. The number of aromatic nitrogens is 1. The molecule has 1 heterocycles. The number of rotatable bonds is 5. The fraction of sp³-hybridized carbons (Fsp3) is 0.312. The van der Waals surface area contributed by atoms with Crippen molar-refractivity contribution in [3.05, 3.63) is 36.5 Å². The zero-order chi connectivity index (χ0) is 16.1. The molecule has 0 fully saturated rings. The van der Waals surface area contributed by atoms with Gasteiger partial charge in [0, 0.05) is 11.6 Å². The van der Waals surface area contributed by atoms with E-state index in [-0.39, 0.29) is 49.1 Å². The standard InChI is InChI=1S/C16H20N4O2.2ClH/c1-10(2)15(17)16(22)19-9-14(21)20-13-7-3-6-12-11(13)5-4-8-18-12;;/h3-8,10,15H,9,17H2,1-2H3,(H,19,22)(H,20,21);2*1H/t15-;;/m0../s1. The third-order valence-electron chi connectivity index (χ3n) is 3.36. The van der Waals surface area contributed by atoms with Crippen LogP contribution in [0.25, 0.3) is 10.9 Å². The van der Waals surface area contributed by atoms with E-state index in [0.29, 0.717) is 5.69 Å². The van der Waals surface area contributed by atoms with Crippen LogP contribution in [0.1, 0.15) is 13.8 Å². The summed E-state index contributed by atoms with van der Waals surface area (Å²) in [6.07, 6.45) is 1.70. The van der Waals surface area contributed by atoms with Crippen LogP contribution in [0, 0.1) is 5.92 Å². The van der Waals surface area contributed by atoms with Crippen molar-refractivity contribution in [2.75, 3.05) is 11.9 Å². The minimum absolute atomic E-state index is 0. The van der Waals surface area contributed by atoms with Crippen molar-refractivity contribution in [2.45, 2.75) is 19.9 Å². The van der Waals surface area contributed by atoms with Crippen LogP contribution in [-0.4, -0.2) is 29.4 Å². The van der Waals surface area contributed by atoms with Gasteiger partial charge in [0.05, 0.1) is 23.8 Å². The molecule has 0 aliphatic heterocycles. The second-order valence-electron chi connectivity index (χ2n) is 5.41. The molecule has 0 spiro atoms. The molecule has 6 nitrogen and oxygen atoms in total. The van der Waals surface area contributed by atoms with Crippen LogP contribution >= 0.6 is 24.8 Å². The first-order chi connectivity index (χ1) is 10.5. The molecule has 1 atom stereocenters. The highest BCUT2D eigenvalue weighted by Crippen LogP contribution is 2.20. The summed E-state index contributed by atoms with van der Waals surface area (Å²) >= 11 is 0. The molecule has 2 aromatic rings. The lowest BCUT2D eigenvalue weighted by molar-refractivity contribution is -0.125. The first-order valence-corrected chi connectivity index (χ1v) is 7.16. The number of fused-ring (bicyclic) bond motifs is 1. The summed E-state index contributed by atoms with van der Waals surface area (Å²) < 4.78 is 0. The van der Waals surface area contributed by atoms with E-state index in [1.807, 2.05) is 32.0 Å². The van der Waals surface area contributed by atoms with E-state index in [1.54, 1.807) is 18.3 Å². The van der Waals surface area contributed by atoms with E-state index >= 15 is 0 Å². The highest BCUT2D eigenvalue weighted by molar-refractivity contribution is 6.02. The van der Waals surface area contributed by atoms with Crippen LogP contribution in [0.4, 0.5) is 5.69 Å². The number of anilines is 1. The third kappa shape index (κ3) is 5.63. The summed E-state index contributed by atoms with van der Waals surface area (Å²) in [5, 5.41) is 6.16. The quantitative estimate of drug-likeness (QED) is 0.748. The molecule has 24 heavy (non-hydrogen) atoms. The summed E-state index contributed by atoms with van der Waals surface area (Å²) in [6, 6.07) is 8.55. The lowest BCUT2D eigenvalue weighted by atomic mass is 10.1. The van der Waals surface area contributed by atoms with Gasteiger partial charge in [-0.15, -0.1) is 24.8 Å². The van der Waals surface area contributed by atoms with Gasteiger partial charge in [-0.1, -0.05) is 19.9 Å². The fourth-order valence-electron chi connectivity index (χ4n) is 1.99. The number of amides is 2. The predicted octanol–water partition coefficient (Wildman–Crippen LogP) is 2.12. The smallest absolute Gasteiger partial charge is 0.243 e. The number of nitrogens with zero attached hydrogens (tertiary/aromatic N) is 1. The van der Waals surface area contributed by atoms with Crippen molar-refractivity contribution in [3.8, 4) is 0 Å². The molecule has 0 unspecified atom stereocenters. The molecule has 2 rings (SSSR count). The van der Waals surface area contributed by atoms with Gasteiger partial charge in [0.15, 0.2) is 0 Å². The van der Waals surface area contributed by atoms with Crippen LogP contribution in [0.15, 0.2) is 36.5 Å². The average molecular weight is 373 g/mol. The van der Waals surface area contributed by atoms with E-state index in [4.69, 9.17) is 5.73 Å². The van der Waals surface area contributed by atoms with Crippen molar-refractivity contribution in [3.63, 3.8) is 0 Å². The Kier molecular flexibility index (Phi) is 9.28. The SMILES string of the molecule is CC(C)[C@H](N)C(=O)NCC(=O)Nc1cccc2ncccc12.Cl.Cl. The number of pyridine rings is 1. The van der Waals surface area contributed by atoms with Crippen molar-refractivity contribution in [2.24, 2.45) is 11.7 Å². The zero-order valence-corrected chi connectivity index (χ0v) is 15.1. The van der Waals surface area contributed by atoms with Gasteiger partial charge in [-0.3, -0.25) is 14.6 Å².